The van der Waals surface area contributed by atoms with Gasteiger partial charge < -0.3 is 18.5 Å². The molecule has 0 radical (unpaired) electrons. The number of nitrogens with zero attached hydrogens (tertiary/aromatic N) is 2. The summed E-state index contributed by atoms with van der Waals surface area (Å²) in [7, 11) is 0. The summed E-state index contributed by atoms with van der Waals surface area (Å²) in [5, 5.41) is -1.99. The zero-order chi connectivity index (χ0) is 59.9. The Morgan fingerprint density at radius 3 is 1.64 bits per heavy atom. The normalized spacial score (nSPS) is 20.5. The van der Waals surface area contributed by atoms with Gasteiger partial charge in [0, 0.05) is 49.6 Å². The lowest BCUT2D eigenvalue weighted by atomic mass is 9.50. The molecule has 53 heavy (non-hydrogen) atoms. The number of fused-ring (bicyclic) bond motifs is 10. The summed E-state index contributed by atoms with van der Waals surface area (Å²) >= 11 is 0. The third kappa shape index (κ3) is 4.02. The average molecular weight is 706 g/mol. The topological polar surface area (TPSA) is 28.3 Å². The maximum atomic E-state index is 10.0. The summed E-state index contributed by atoms with van der Waals surface area (Å²) in [5.74, 6) is -2.28. The van der Waals surface area contributed by atoms with E-state index in [0.717, 1.165) is 9.13 Å². The molecule has 10 aromatic rings. The highest BCUT2D eigenvalue weighted by Gasteiger charge is 2.41. The van der Waals surface area contributed by atoms with E-state index in [9.17, 15) is 12.3 Å². The van der Waals surface area contributed by atoms with Crippen LogP contribution < -0.4 is 20.3 Å². The third-order valence-corrected chi connectivity index (χ3v) is 9.09. The second-order valence-corrected chi connectivity index (χ2v) is 11.8. The fourth-order valence-corrected chi connectivity index (χ4v) is 6.92. The van der Waals surface area contributed by atoms with E-state index < -0.39 is 288 Å². The van der Waals surface area contributed by atoms with Gasteiger partial charge in [-0.1, -0.05) is 121 Å². The molecule has 0 saturated carbocycles. The molecule has 0 saturated heterocycles. The molecular formula is C48H29BN2O2. The highest BCUT2D eigenvalue weighted by Crippen LogP contribution is 2.43. The lowest BCUT2D eigenvalue weighted by Gasteiger charge is -2.33. The summed E-state index contributed by atoms with van der Waals surface area (Å²) in [4.78, 5) is 0. The van der Waals surface area contributed by atoms with Gasteiger partial charge in [-0.15, -0.1) is 0 Å². The number of ether oxygens (including phenoxy) is 1. The molecule has 0 amide bonds. The summed E-state index contributed by atoms with van der Waals surface area (Å²) < 4.78 is 278. The number of rotatable bonds is 3. The SMILES string of the molecule is [2H]c1c([2H])c([2H])c2c(c1[2H])OB1c3c([2H])c([2H])c(-c4c([2H])c([2H])c([2H])c([2H])c4-n4c5c([2H])c([2H])c([2H])c([2H])c5c5c([2H])c([2H])c([2H])c([2H])c54)c([2H])c3Oc3c([2H])c(-n4c5c([2H])c([2H])c([2H])c([2H])c5c5c([2H])c([2H])c([2H])c([2H])c54)c([2H])c-2c31. The van der Waals surface area contributed by atoms with E-state index >= 15 is 0 Å². The van der Waals surface area contributed by atoms with Crippen LogP contribution in [0.3, 0.4) is 0 Å². The van der Waals surface area contributed by atoms with Crippen LogP contribution in [0.5, 0.6) is 17.2 Å². The van der Waals surface area contributed by atoms with Crippen LogP contribution in [0.1, 0.15) is 39.8 Å². The number of aromatic nitrogens is 2. The molecule has 2 aliphatic rings. The van der Waals surface area contributed by atoms with Gasteiger partial charge in [0.25, 0.3) is 0 Å². The quantitative estimate of drug-likeness (QED) is 0.171. The summed E-state index contributed by atoms with van der Waals surface area (Å²) in [5.41, 5.74) is -7.88. The molecule has 12 rings (SSSR count). The van der Waals surface area contributed by atoms with Crippen LogP contribution in [0.15, 0.2) is 175 Å². The molecule has 8 aromatic carbocycles. The van der Waals surface area contributed by atoms with E-state index in [4.69, 9.17) is 36.8 Å². The minimum atomic E-state index is -1.97. The molecule has 4 heterocycles. The van der Waals surface area contributed by atoms with Crippen LogP contribution in [0, 0.1) is 0 Å². The van der Waals surface area contributed by atoms with Crippen molar-refractivity contribution in [2.24, 2.45) is 0 Å². The minimum Gasteiger partial charge on any atom is -0.551 e. The van der Waals surface area contributed by atoms with E-state index in [1.54, 1.807) is 0 Å². The highest BCUT2D eigenvalue weighted by molar-refractivity contribution is 6.84. The predicted octanol–water partition coefficient (Wildman–Crippen LogP) is 10.8. The van der Waals surface area contributed by atoms with Crippen molar-refractivity contribution in [3.63, 3.8) is 0 Å². The van der Waals surface area contributed by atoms with Crippen LogP contribution in [0.4, 0.5) is 0 Å². The molecule has 0 N–H and O–H groups in total. The molecule has 246 valence electrons. The van der Waals surface area contributed by atoms with E-state index in [-0.39, 0.29) is 0 Å². The summed E-state index contributed by atoms with van der Waals surface area (Å²) in [6, 6.07) is -26.1. The third-order valence-electron chi connectivity index (χ3n) is 9.09. The molecule has 2 aromatic heterocycles. The molecule has 0 unspecified atom stereocenters. The van der Waals surface area contributed by atoms with Gasteiger partial charge in [-0.05, 0) is 59.5 Å². The summed E-state index contributed by atoms with van der Waals surface area (Å²) in [6.07, 6.45) is 0. The Morgan fingerprint density at radius 2 is 0.981 bits per heavy atom. The lowest BCUT2D eigenvalue weighted by Crippen LogP contribution is -2.53. The van der Waals surface area contributed by atoms with Gasteiger partial charge in [0.2, 0.25) is 0 Å². The van der Waals surface area contributed by atoms with E-state index in [0.29, 0.717) is 0 Å². The van der Waals surface area contributed by atoms with Crippen molar-refractivity contribution in [1.29, 1.82) is 0 Å². The molecule has 5 heteroatoms. The van der Waals surface area contributed by atoms with Crippen LogP contribution in [0.25, 0.3) is 77.2 Å². The Morgan fingerprint density at radius 1 is 0.434 bits per heavy atom. The standard InChI is InChI=1S/C48H29BN2O2/c1-7-19-40(51-43-22-10-4-16-35(43)36-17-5-11-23-44(36)51)32(13-1)30-25-26-39-46(27-30)52-47-29-31(28-38-37-18-6-12-24-45(37)53-49(39)48(38)47)50-41-20-8-2-14-33(41)34-15-3-9-21-42(34)50/h1-29H/i1D,2D,3D,4D,5D,6D,7D,8D,9D,10D,11D,12D,13D,14D,15D,16D,17D,18D,19D,20D,21D,22D,23D,24D,25D,26D,27D,28D,29D. The zero-order valence-corrected chi connectivity index (χ0v) is 26.3. The van der Waals surface area contributed by atoms with Gasteiger partial charge in [0.1, 0.15) is 17.2 Å². The van der Waals surface area contributed by atoms with Gasteiger partial charge in [-0.25, -0.2) is 0 Å². The van der Waals surface area contributed by atoms with Crippen molar-refractivity contribution in [3.05, 3.63) is 175 Å². The van der Waals surface area contributed by atoms with Crippen molar-refractivity contribution in [1.82, 2.24) is 9.13 Å². The van der Waals surface area contributed by atoms with Gasteiger partial charge in [-0.3, -0.25) is 0 Å². The Bertz CT molecular complexity index is 4670. The number of para-hydroxylation sites is 6. The van der Waals surface area contributed by atoms with Crippen LogP contribution in [0.2, 0.25) is 0 Å². The molecule has 0 aliphatic carbocycles. The van der Waals surface area contributed by atoms with Crippen molar-refractivity contribution < 1.29 is 49.1 Å². The molecule has 0 bridgehead atoms. The molecule has 4 nitrogen and oxygen atoms in total. The second-order valence-electron chi connectivity index (χ2n) is 11.8. The maximum absolute atomic E-state index is 10.0. The van der Waals surface area contributed by atoms with Crippen LogP contribution in [-0.2, 0) is 0 Å². The van der Waals surface area contributed by atoms with Crippen molar-refractivity contribution in [2.75, 3.05) is 0 Å². The van der Waals surface area contributed by atoms with E-state index in [1.165, 1.54) is 0 Å². The van der Waals surface area contributed by atoms with Crippen LogP contribution in [-0.4, -0.2) is 16.0 Å². The Labute approximate surface area is 346 Å². The van der Waals surface area contributed by atoms with Gasteiger partial charge >= 0.3 is 6.92 Å². The lowest BCUT2D eigenvalue weighted by molar-refractivity contribution is 0.479. The van der Waals surface area contributed by atoms with Gasteiger partial charge in [0.15, 0.2) is 0 Å². The number of hydrogen-bond donors (Lipinski definition) is 0. The first kappa shape index (κ1) is 12.6. The Kier molecular flexibility index (Phi) is 2.56. The summed E-state index contributed by atoms with van der Waals surface area (Å²) in [6.45, 7) is -1.97. The fourth-order valence-electron chi connectivity index (χ4n) is 6.92. The van der Waals surface area contributed by atoms with Crippen molar-refractivity contribution in [2.45, 2.75) is 0 Å². The smallest absolute Gasteiger partial charge is 0.434 e. The molecule has 2 aliphatic heterocycles. The molecular weight excluding hydrogens is 647 g/mol. The van der Waals surface area contributed by atoms with Crippen molar-refractivity contribution in [3.8, 4) is 50.9 Å². The molecule has 0 atom stereocenters. The average Bonchev–Trinajstić information content (AvgIpc) is 2.67. The van der Waals surface area contributed by atoms with Crippen LogP contribution >= 0.6 is 0 Å². The minimum absolute atomic E-state index is 0.427. The first-order valence-electron chi connectivity index (χ1n) is 30.3. The monoisotopic (exact) mass is 705 g/mol. The van der Waals surface area contributed by atoms with E-state index in [2.05, 4.69) is 0 Å². The Balaban J connectivity index is 1.26. The molecule has 0 fully saturated rings. The number of hydrogen-bond acceptors (Lipinski definition) is 2. The molecule has 0 spiro atoms. The van der Waals surface area contributed by atoms with E-state index in [1.807, 2.05) is 0 Å². The first-order chi connectivity index (χ1) is 38.4. The van der Waals surface area contributed by atoms with Gasteiger partial charge in [-0.2, -0.15) is 0 Å². The zero-order valence-electron chi connectivity index (χ0n) is 55.3. The predicted molar refractivity (Wildman–Crippen MR) is 218 cm³/mol. The van der Waals surface area contributed by atoms with Crippen molar-refractivity contribution >= 4 is 61.5 Å². The maximum Gasteiger partial charge on any atom is 0.434 e. The Hall–Kier alpha value is -6.98. The van der Waals surface area contributed by atoms with Gasteiger partial charge in [0.05, 0.1) is 73.2 Å². The number of benzene rings is 8. The largest absolute Gasteiger partial charge is 0.551 e. The first-order valence-corrected chi connectivity index (χ1v) is 15.8. The second kappa shape index (κ2) is 10.8. The highest BCUT2D eigenvalue weighted by atomic mass is 16.5. The fraction of sp³-hybridized carbons (Fsp3) is 0.